The third-order valence-electron chi connectivity index (χ3n) is 9.00. The van der Waals surface area contributed by atoms with E-state index in [1.165, 1.54) is 103 Å². The molecule has 0 aliphatic carbocycles. The molecule has 1 aromatic rings. The van der Waals surface area contributed by atoms with Crippen LogP contribution in [0.15, 0.2) is 47.4 Å². The first-order valence-electron chi connectivity index (χ1n) is 20.0. The van der Waals surface area contributed by atoms with Gasteiger partial charge in [-0.2, -0.15) is 0 Å². The van der Waals surface area contributed by atoms with Crippen molar-refractivity contribution in [1.29, 1.82) is 0 Å². The van der Waals surface area contributed by atoms with Crippen molar-refractivity contribution in [3.8, 4) is 0 Å². The molecule has 0 atom stereocenters. The maximum atomic E-state index is 12.9. The van der Waals surface area contributed by atoms with Crippen LogP contribution in [0, 0.1) is 0 Å². The Balaban J connectivity index is 0.0000250. The average molecular weight is 741 g/mol. The molecule has 7 nitrogen and oxygen atoms in total. The van der Waals surface area contributed by atoms with E-state index in [4.69, 9.17) is 9.47 Å². The number of esters is 2. The molecule has 0 heterocycles. The summed E-state index contributed by atoms with van der Waals surface area (Å²) in [4.78, 5) is 25.1. The van der Waals surface area contributed by atoms with Crippen molar-refractivity contribution < 1.29 is 61.6 Å². The van der Waals surface area contributed by atoms with Crippen molar-refractivity contribution in [2.45, 2.75) is 186 Å². The van der Waals surface area contributed by atoms with Crippen molar-refractivity contribution in [3.63, 3.8) is 0 Å². The molecule has 1 aromatic carbocycles. The van der Waals surface area contributed by atoms with Gasteiger partial charge in [0.2, 0.25) is 0 Å². The van der Waals surface area contributed by atoms with Crippen LogP contribution in [-0.2, 0) is 19.6 Å². The number of carbonyl (C=O) groups excluding carboxylic acids is 2. The number of unbranched alkanes of at least 4 members (excludes halogenated alkanes) is 22. The molecule has 0 aliphatic heterocycles. The first-order chi connectivity index (χ1) is 24.3. The summed E-state index contributed by atoms with van der Waals surface area (Å²) < 4.78 is 45.6. The van der Waals surface area contributed by atoms with Crippen LogP contribution in [0.2, 0.25) is 0 Å². The predicted octanol–water partition coefficient (Wildman–Crippen LogP) is 9.20. The van der Waals surface area contributed by atoms with E-state index in [1.54, 1.807) is 0 Å². The molecule has 0 radical (unpaired) electrons. The zero-order valence-electron chi connectivity index (χ0n) is 32.6. The van der Waals surface area contributed by atoms with Gasteiger partial charge in [0.25, 0.3) is 0 Å². The fourth-order valence-corrected chi connectivity index (χ4v) is 6.35. The number of ether oxygens (including phenoxy) is 2. The summed E-state index contributed by atoms with van der Waals surface area (Å²) in [6, 6.07) is 3.11. The Morgan fingerprint density at radius 2 is 0.863 bits per heavy atom. The van der Waals surface area contributed by atoms with Crippen LogP contribution in [0.3, 0.4) is 0 Å². The monoisotopic (exact) mass is 740 g/mol. The molecule has 0 saturated carbocycles. The molecule has 0 bridgehead atoms. The number of hydrogen-bond acceptors (Lipinski definition) is 7. The maximum Gasteiger partial charge on any atom is 1.00 e. The van der Waals surface area contributed by atoms with E-state index in [-0.39, 0.29) is 53.9 Å². The van der Waals surface area contributed by atoms with E-state index in [9.17, 15) is 22.6 Å². The molecule has 1 rings (SSSR count). The Kier molecular flexibility index (Phi) is 33.4. The maximum absolute atomic E-state index is 12.9. The Morgan fingerprint density at radius 1 is 0.529 bits per heavy atom. The molecule has 0 spiro atoms. The van der Waals surface area contributed by atoms with E-state index < -0.39 is 27.0 Å². The van der Waals surface area contributed by atoms with Gasteiger partial charge >= 0.3 is 41.5 Å². The average Bonchev–Trinajstić information content (AvgIpc) is 3.10. The Hall–Kier alpha value is -1.45. The molecule has 0 aromatic heterocycles. The molecular weight excluding hydrogens is 672 g/mol. The van der Waals surface area contributed by atoms with Crippen molar-refractivity contribution in [1.82, 2.24) is 0 Å². The van der Waals surface area contributed by atoms with E-state index in [0.29, 0.717) is 12.8 Å². The molecule has 286 valence electrons. The first-order valence-corrected chi connectivity index (χ1v) is 21.5. The quantitative estimate of drug-likeness (QED) is 0.0232. The normalized spacial score (nSPS) is 11.7. The molecule has 0 N–H and O–H groups in total. The van der Waals surface area contributed by atoms with Gasteiger partial charge in [0, 0.05) is 0 Å². The fourth-order valence-electron chi connectivity index (χ4n) is 5.86. The summed E-state index contributed by atoms with van der Waals surface area (Å²) in [6.45, 7) is 4.83. The minimum Gasteiger partial charge on any atom is -0.744 e. The topological polar surface area (TPSA) is 110 Å². The van der Waals surface area contributed by atoms with E-state index in [1.807, 2.05) is 0 Å². The van der Waals surface area contributed by atoms with Crippen LogP contribution < -0.4 is 29.6 Å². The van der Waals surface area contributed by atoms with Gasteiger partial charge in [-0.3, -0.25) is 0 Å². The molecule has 0 aliphatic rings. The third-order valence-corrected chi connectivity index (χ3v) is 9.83. The molecule has 0 unspecified atom stereocenters. The van der Waals surface area contributed by atoms with Crippen molar-refractivity contribution in [3.05, 3.63) is 53.6 Å². The molecule has 51 heavy (non-hydrogen) atoms. The van der Waals surface area contributed by atoms with Gasteiger partial charge < -0.3 is 14.0 Å². The van der Waals surface area contributed by atoms with Gasteiger partial charge in [-0.05, 0) is 82.4 Å². The summed E-state index contributed by atoms with van der Waals surface area (Å²) in [5, 5.41) is 0. The van der Waals surface area contributed by atoms with Gasteiger partial charge in [-0.1, -0.05) is 141 Å². The summed E-state index contributed by atoms with van der Waals surface area (Å²) in [5.41, 5.74) is -0.353. The minimum absolute atomic E-state index is 0. The second-order valence-corrected chi connectivity index (χ2v) is 15.0. The van der Waals surface area contributed by atoms with E-state index >= 15 is 0 Å². The van der Waals surface area contributed by atoms with Crippen LogP contribution >= 0.6 is 0 Å². The standard InChI is InChI=1S/C42H70O7S.Na/c1-3-5-7-9-11-13-15-17-19-21-23-25-27-29-31-35-48-41(43)39-34-33-38(50(45,46)47)37-40(39)42(44)49-36-32-30-28-26-24-22-20-18-16-14-12-10-8-6-4-2;/h15-18,33-34,37H,3-14,19-32,35-36H2,1-2H3,(H,45,46,47);/q;+1/p-1/b17-15+,18-16+;. The van der Waals surface area contributed by atoms with Crippen molar-refractivity contribution >= 4 is 22.1 Å². The zero-order chi connectivity index (χ0) is 36.5. The number of hydrogen-bond donors (Lipinski definition) is 0. The number of benzene rings is 1. The second kappa shape index (κ2) is 34.3. The van der Waals surface area contributed by atoms with Crippen LogP contribution in [0.25, 0.3) is 0 Å². The Bertz CT molecular complexity index is 1180. The first kappa shape index (κ1) is 49.6. The summed E-state index contributed by atoms with van der Waals surface area (Å²) in [5.74, 6) is -1.56. The largest absolute Gasteiger partial charge is 1.00 e. The molecule has 0 fully saturated rings. The number of carbonyl (C=O) groups is 2. The van der Waals surface area contributed by atoms with Crippen molar-refractivity contribution in [2.24, 2.45) is 0 Å². The Morgan fingerprint density at radius 3 is 1.24 bits per heavy atom. The fraction of sp³-hybridized carbons (Fsp3) is 0.714. The van der Waals surface area contributed by atoms with Crippen LogP contribution in [0.1, 0.15) is 202 Å². The van der Waals surface area contributed by atoms with Gasteiger partial charge in [0.1, 0.15) is 10.1 Å². The summed E-state index contributed by atoms with van der Waals surface area (Å²) in [6.07, 6.45) is 39.3. The van der Waals surface area contributed by atoms with Crippen molar-refractivity contribution in [2.75, 3.05) is 13.2 Å². The second-order valence-electron chi connectivity index (χ2n) is 13.6. The van der Waals surface area contributed by atoms with Crippen LogP contribution in [-0.4, -0.2) is 38.1 Å². The summed E-state index contributed by atoms with van der Waals surface area (Å²) in [7, 11) is -4.82. The smallest absolute Gasteiger partial charge is 0.744 e. The molecule has 9 heteroatoms. The molecule has 0 amide bonds. The predicted molar refractivity (Wildman–Crippen MR) is 205 cm³/mol. The zero-order valence-corrected chi connectivity index (χ0v) is 35.4. The van der Waals surface area contributed by atoms with Gasteiger partial charge in [-0.25, -0.2) is 18.0 Å². The Labute approximate surface area is 334 Å². The number of allylic oxidation sites excluding steroid dienone is 4. The third kappa shape index (κ3) is 27.8. The molecule has 0 saturated heterocycles. The SMILES string of the molecule is CCCCCCC/C=C/CCCCCCCCOC(=O)c1ccc(S(=O)(=O)[O-])cc1C(=O)OCCCCCCCC/C=C/CCCCCCC.[Na+]. The van der Waals surface area contributed by atoms with Gasteiger partial charge in [0.05, 0.1) is 29.2 Å². The van der Waals surface area contributed by atoms with Gasteiger partial charge in [0.15, 0.2) is 0 Å². The summed E-state index contributed by atoms with van der Waals surface area (Å²) >= 11 is 0. The van der Waals surface area contributed by atoms with E-state index in [0.717, 1.165) is 69.6 Å². The minimum atomic E-state index is -4.82. The van der Waals surface area contributed by atoms with Crippen LogP contribution in [0.5, 0.6) is 0 Å². The number of rotatable bonds is 33. The molecular formula is C42H69NaO7S. The van der Waals surface area contributed by atoms with Gasteiger partial charge in [-0.15, -0.1) is 0 Å². The van der Waals surface area contributed by atoms with E-state index in [2.05, 4.69) is 38.2 Å². The van der Waals surface area contributed by atoms with Crippen LogP contribution in [0.4, 0.5) is 0 Å².